The summed E-state index contributed by atoms with van der Waals surface area (Å²) in [5.41, 5.74) is 0.0690. The van der Waals surface area contributed by atoms with Gasteiger partial charge in [-0.3, -0.25) is 4.90 Å². The second-order valence-corrected chi connectivity index (χ2v) is 7.56. The third-order valence-corrected chi connectivity index (χ3v) is 4.66. The van der Waals surface area contributed by atoms with E-state index in [0.717, 1.165) is 6.42 Å². The Bertz CT molecular complexity index is 376. The van der Waals surface area contributed by atoms with Crippen LogP contribution in [0.15, 0.2) is 0 Å². The molecule has 0 aromatic heterocycles. The topological polar surface area (TPSA) is 27.0 Å². The molecule has 3 unspecified atom stereocenters. The maximum Gasteiger partial charge on any atom is 0.401 e. The first-order valence-electron chi connectivity index (χ1n) is 7.68. The fourth-order valence-corrected chi connectivity index (χ4v) is 3.34. The summed E-state index contributed by atoms with van der Waals surface area (Å²) in [7, 11) is 0. The Labute approximate surface area is 126 Å². The highest BCUT2D eigenvalue weighted by Crippen LogP contribution is 2.42. The Hall–Kier alpha value is -0.760. The maximum absolute atomic E-state index is 12.9. The van der Waals surface area contributed by atoms with E-state index in [9.17, 15) is 18.4 Å². The minimum Gasteiger partial charge on any atom is -0.288 e. The molecule has 2 nitrogen and oxygen atoms in total. The molecule has 0 N–H and O–H groups in total. The molecule has 1 aliphatic rings. The molecule has 1 aliphatic carbocycles. The van der Waals surface area contributed by atoms with Gasteiger partial charge in [0.15, 0.2) is 0 Å². The van der Waals surface area contributed by atoms with Gasteiger partial charge in [0.1, 0.15) is 0 Å². The Morgan fingerprint density at radius 1 is 1.19 bits per heavy atom. The quantitative estimate of drug-likeness (QED) is 0.761. The molecule has 1 rings (SSSR count). The van der Waals surface area contributed by atoms with E-state index in [2.05, 4.69) is 26.8 Å². The lowest BCUT2D eigenvalue weighted by molar-refractivity contribution is -0.160. The highest BCUT2D eigenvalue weighted by molar-refractivity contribution is 5.00. The molecular formula is C16H27F3N2. The van der Waals surface area contributed by atoms with E-state index in [4.69, 9.17) is 0 Å². The van der Waals surface area contributed by atoms with Gasteiger partial charge in [0.2, 0.25) is 0 Å². The van der Waals surface area contributed by atoms with E-state index in [-0.39, 0.29) is 23.4 Å². The van der Waals surface area contributed by atoms with Gasteiger partial charge in [-0.05, 0) is 44.4 Å². The smallest absolute Gasteiger partial charge is 0.288 e. The first-order valence-corrected chi connectivity index (χ1v) is 7.68. The second-order valence-electron chi connectivity index (χ2n) is 7.56. The minimum atomic E-state index is -4.22. The van der Waals surface area contributed by atoms with Crippen LogP contribution < -0.4 is 0 Å². The molecule has 0 spiro atoms. The molecule has 0 bridgehead atoms. The van der Waals surface area contributed by atoms with E-state index in [1.54, 1.807) is 13.8 Å². The Morgan fingerprint density at radius 3 is 2.14 bits per heavy atom. The molecule has 0 heterocycles. The van der Waals surface area contributed by atoms with Crippen molar-refractivity contribution >= 4 is 0 Å². The molecule has 122 valence electrons. The van der Waals surface area contributed by atoms with Crippen LogP contribution in [-0.4, -0.2) is 29.7 Å². The number of hydrogen-bond donors (Lipinski definition) is 0. The summed E-state index contributed by atoms with van der Waals surface area (Å²) in [6, 6.07) is 1.72. The Balaban J connectivity index is 2.98. The third kappa shape index (κ3) is 5.18. The molecule has 1 saturated carbocycles. The van der Waals surface area contributed by atoms with Gasteiger partial charge in [-0.2, -0.15) is 18.4 Å². The lowest BCUT2D eigenvalue weighted by Gasteiger charge is -2.45. The van der Waals surface area contributed by atoms with Gasteiger partial charge < -0.3 is 0 Å². The van der Waals surface area contributed by atoms with Gasteiger partial charge in [0.25, 0.3) is 0 Å². The van der Waals surface area contributed by atoms with Crippen LogP contribution in [0.4, 0.5) is 13.2 Å². The number of nitriles is 1. The Morgan fingerprint density at radius 2 is 1.76 bits per heavy atom. The normalized spacial score (nSPS) is 28.0. The van der Waals surface area contributed by atoms with E-state index in [1.165, 1.54) is 4.90 Å². The zero-order valence-electron chi connectivity index (χ0n) is 13.7. The third-order valence-electron chi connectivity index (χ3n) is 4.66. The molecule has 5 heteroatoms. The SMILES string of the molecule is CC(C)N(CC(F)(F)F)C1CC(C(C)(C)C)CCC1C#N. The largest absolute Gasteiger partial charge is 0.401 e. The summed E-state index contributed by atoms with van der Waals surface area (Å²) in [4.78, 5) is 1.48. The number of hydrogen-bond acceptors (Lipinski definition) is 2. The van der Waals surface area contributed by atoms with Crippen molar-refractivity contribution in [3.63, 3.8) is 0 Å². The van der Waals surface area contributed by atoms with Crippen molar-refractivity contribution in [1.29, 1.82) is 5.26 Å². The minimum absolute atomic E-state index is 0.0690. The molecule has 1 fully saturated rings. The molecule has 0 amide bonds. The van der Waals surface area contributed by atoms with Crippen LogP contribution in [0.5, 0.6) is 0 Å². The predicted octanol–water partition coefficient (Wildman–Crippen LogP) is 4.61. The second kappa shape index (κ2) is 6.56. The molecule has 0 aliphatic heterocycles. The average molecular weight is 304 g/mol. The van der Waals surface area contributed by atoms with Crippen LogP contribution >= 0.6 is 0 Å². The first-order chi connectivity index (χ1) is 9.45. The van der Waals surface area contributed by atoms with Gasteiger partial charge >= 0.3 is 6.18 Å². The molecule has 21 heavy (non-hydrogen) atoms. The summed E-state index contributed by atoms with van der Waals surface area (Å²) in [6.07, 6.45) is -1.92. The lowest BCUT2D eigenvalue weighted by Crippen LogP contribution is -2.52. The summed E-state index contributed by atoms with van der Waals surface area (Å²) >= 11 is 0. The summed E-state index contributed by atoms with van der Waals surface area (Å²) in [5, 5.41) is 9.32. The fourth-order valence-electron chi connectivity index (χ4n) is 3.34. The molecule has 0 radical (unpaired) electrons. The van der Waals surface area contributed by atoms with Crippen molar-refractivity contribution in [2.75, 3.05) is 6.54 Å². The van der Waals surface area contributed by atoms with Gasteiger partial charge in [0.05, 0.1) is 18.5 Å². The van der Waals surface area contributed by atoms with E-state index < -0.39 is 12.7 Å². The van der Waals surface area contributed by atoms with Crippen molar-refractivity contribution in [2.24, 2.45) is 17.3 Å². The summed E-state index contributed by atoms with van der Waals surface area (Å²) in [5.74, 6) is 0.0648. The molecular weight excluding hydrogens is 277 g/mol. The van der Waals surface area contributed by atoms with Crippen LogP contribution in [0.2, 0.25) is 0 Å². The van der Waals surface area contributed by atoms with E-state index in [0.29, 0.717) is 18.8 Å². The summed E-state index contributed by atoms with van der Waals surface area (Å²) in [6.45, 7) is 9.02. The van der Waals surface area contributed by atoms with Crippen molar-refractivity contribution in [3.8, 4) is 6.07 Å². The highest BCUT2D eigenvalue weighted by Gasteiger charge is 2.42. The summed E-state index contributed by atoms with van der Waals surface area (Å²) < 4.78 is 38.6. The lowest BCUT2D eigenvalue weighted by atomic mass is 9.67. The van der Waals surface area contributed by atoms with Crippen molar-refractivity contribution in [1.82, 2.24) is 4.90 Å². The van der Waals surface area contributed by atoms with E-state index in [1.807, 2.05) is 0 Å². The van der Waals surface area contributed by atoms with Crippen LogP contribution in [0.1, 0.15) is 53.9 Å². The standard InChI is InChI=1S/C16H27F3N2/c1-11(2)21(10-16(17,18)19)14-8-13(15(3,4)5)7-6-12(14)9-20/h11-14H,6-8,10H2,1-5H3. The Kier molecular flexibility index (Phi) is 5.71. The fraction of sp³-hybridized carbons (Fsp3) is 0.938. The van der Waals surface area contributed by atoms with E-state index >= 15 is 0 Å². The highest BCUT2D eigenvalue weighted by atomic mass is 19.4. The molecule has 0 aromatic rings. The van der Waals surface area contributed by atoms with Crippen molar-refractivity contribution in [3.05, 3.63) is 0 Å². The zero-order chi connectivity index (χ0) is 16.4. The van der Waals surface area contributed by atoms with Crippen LogP contribution in [0.25, 0.3) is 0 Å². The monoisotopic (exact) mass is 304 g/mol. The van der Waals surface area contributed by atoms with Gasteiger partial charge in [0, 0.05) is 12.1 Å². The number of nitrogens with zero attached hydrogens (tertiary/aromatic N) is 2. The number of halogens is 3. The molecule has 0 saturated heterocycles. The predicted molar refractivity (Wildman–Crippen MR) is 77.6 cm³/mol. The van der Waals surface area contributed by atoms with Crippen LogP contribution in [-0.2, 0) is 0 Å². The average Bonchev–Trinajstić information content (AvgIpc) is 2.32. The van der Waals surface area contributed by atoms with Gasteiger partial charge in [-0.1, -0.05) is 20.8 Å². The van der Waals surface area contributed by atoms with Gasteiger partial charge in [-0.15, -0.1) is 0 Å². The molecule has 3 atom stereocenters. The van der Waals surface area contributed by atoms with Gasteiger partial charge in [-0.25, -0.2) is 0 Å². The van der Waals surface area contributed by atoms with Crippen LogP contribution in [0.3, 0.4) is 0 Å². The number of alkyl halides is 3. The van der Waals surface area contributed by atoms with Crippen molar-refractivity contribution < 1.29 is 13.2 Å². The van der Waals surface area contributed by atoms with Crippen LogP contribution in [0, 0.1) is 28.6 Å². The maximum atomic E-state index is 12.9. The van der Waals surface area contributed by atoms with Crippen molar-refractivity contribution in [2.45, 2.75) is 72.1 Å². The molecule has 0 aromatic carbocycles. The zero-order valence-corrected chi connectivity index (χ0v) is 13.7. The number of rotatable bonds is 3. The first kappa shape index (κ1) is 18.3.